The maximum Gasteiger partial charge on any atom is 0.224 e. The Kier molecular flexibility index (Phi) is 6.68. The Morgan fingerprint density at radius 3 is 2.71 bits per heavy atom. The van der Waals surface area contributed by atoms with Gasteiger partial charge in [-0.05, 0) is 19.3 Å². The zero-order chi connectivity index (χ0) is 12.5. The van der Waals surface area contributed by atoms with Gasteiger partial charge >= 0.3 is 0 Å². The standard InChI is InChI=1S/C13H23N3O/c1-2-3-7-15-12(11-14)10-13(17)16-8-5-4-6-9-16/h1,12,15H,3-11,14H2. The predicted octanol–water partition coefficient (Wildman–Crippen LogP) is 0.329. The molecule has 1 rings (SSSR count). The number of likely N-dealkylation sites (tertiary alicyclic amines) is 1. The van der Waals surface area contributed by atoms with Crippen LogP contribution in [0.4, 0.5) is 0 Å². The summed E-state index contributed by atoms with van der Waals surface area (Å²) in [5.74, 6) is 2.78. The first-order valence-electron chi connectivity index (χ1n) is 6.42. The van der Waals surface area contributed by atoms with Gasteiger partial charge in [-0.1, -0.05) is 0 Å². The van der Waals surface area contributed by atoms with E-state index in [0.29, 0.717) is 19.4 Å². The molecule has 0 spiro atoms. The molecule has 1 aliphatic rings. The molecule has 1 atom stereocenters. The van der Waals surface area contributed by atoms with Crippen molar-refractivity contribution in [2.75, 3.05) is 26.2 Å². The molecule has 17 heavy (non-hydrogen) atoms. The van der Waals surface area contributed by atoms with E-state index < -0.39 is 0 Å². The highest BCUT2D eigenvalue weighted by Crippen LogP contribution is 2.10. The fourth-order valence-electron chi connectivity index (χ4n) is 2.07. The van der Waals surface area contributed by atoms with E-state index in [1.165, 1.54) is 6.42 Å². The van der Waals surface area contributed by atoms with Crippen LogP contribution in [0, 0.1) is 12.3 Å². The molecule has 0 aromatic rings. The minimum absolute atomic E-state index is 0.0535. The Morgan fingerprint density at radius 2 is 2.12 bits per heavy atom. The van der Waals surface area contributed by atoms with Gasteiger partial charge in [-0.25, -0.2) is 0 Å². The van der Waals surface area contributed by atoms with Crippen molar-refractivity contribution in [3.63, 3.8) is 0 Å². The average Bonchev–Trinajstić information content (AvgIpc) is 2.38. The smallest absolute Gasteiger partial charge is 0.224 e. The van der Waals surface area contributed by atoms with Crippen molar-refractivity contribution in [2.24, 2.45) is 5.73 Å². The number of nitrogens with two attached hydrogens (primary N) is 1. The van der Waals surface area contributed by atoms with Crippen molar-refractivity contribution in [1.29, 1.82) is 0 Å². The Morgan fingerprint density at radius 1 is 1.41 bits per heavy atom. The molecule has 96 valence electrons. The van der Waals surface area contributed by atoms with Crippen LogP contribution < -0.4 is 11.1 Å². The first-order chi connectivity index (χ1) is 8.27. The Hall–Kier alpha value is -1.05. The monoisotopic (exact) mass is 237 g/mol. The number of piperidine rings is 1. The molecule has 0 bridgehead atoms. The van der Waals surface area contributed by atoms with E-state index in [0.717, 1.165) is 32.5 Å². The van der Waals surface area contributed by atoms with Gasteiger partial charge in [0.1, 0.15) is 0 Å². The Labute approximate surface area is 104 Å². The summed E-state index contributed by atoms with van der Waals surface area (Å²) in [6.07, 6.45) is 9.84. The van der Waals surface area contributed by atoms with Crippen LogP contribution in [0.15, 0.2) is 0 Å². The van der Waals surface area contributed by atoms with Crippen LogP contribution in [0.5, 0.6) is 0 Å². The second-order valence-electron chi connectivity index (χ2n) is 4.49. The normalized spacial score (nSPS) is 17.5. The van der Waals surface area contributed by atoms with Crippen molar-refractivity contribution in [3.8, 4) is 12.3 Å². The van der Waals surface area contributed by atoms with E-state index in [-0.39, 0.29) is 11.9 Å². The lowest BCUT2D eigenvalue weighted by molar-refractivity contribution is -0.132. The number of hydrogen-bond acceptors (Lipinski definition) is 3. The Balaban J connectivity index is 2.28. The summed E-state index contributed by atoms with van der Waals surface area (Å²) in [6.45, 7) is 3.01. The second kappa shape index (κ2) is 8.10. The fraction of sp³-hybridized carbons (Fsp3) is 0.769. The van der Waals surface area contributed by atoms with Crippen molar-refractivity contribution in [2.45, 2.75) is 38.1 Å². The molecule has 1 heterocycles. The van der Waals surface area contributed by atoms with Gasteiger partial charge < -0.3 is 16.0 Å². The SMILES string of the molecule is C#CCCNC(CN)CC(=O)N1CCCCC1. The van der Waals surface area contributed by atoms with Crippen LogP contribution in [-0.4, -0.2) is 43.0 Å². The molecule has 0 aliphatic carbocycles. The number of hydrogen-bond donors (Lipinski definition) is 2. The number of carbonyl (C=O) groups excluding carboxylic acids is 1. The largest absolute Gasteiger partial charge is 0.343 e. The molecular weight excluding hydrogens is 214 g/mol. The quantitative estimate of drug-likeness (QED) is 0.517. The minimum Gasteiger partial charge on any atom is -0.343 e. The summed E-state index contributed by atoms with van der Waals surface area (Å²) in [7, 11) is 0. The van der Waals surface area contributed by atoms with Crippen molar-refractivity contribution < 1.29 is 4.79 Å². The lowest BCUT2D eigenvalue weighted by Gasteiger charge is -2.28. The lowest BCUT2D eigenvalue weighted by Crippen LogP contribution is -2.43. The molecule has 0 aromatic heterocycles. The van der Waals surface area contributed by atoms with Gasteiger partial charge in [-0.3, -0.25) is 4.79 Å². The van der Waals surface area contributed by atoms with Crippen molar-refractivity contribution >= 4 is 5.91 Å². The minimum atomic E-state index is 0.0535. The van der Waals surface area contributed by atoms with E-state index in [9.17, 15) is 4.79 Å². The van der Waals surface area contributed by atoms with Crippen molar-refractivity contribution in [3.05, 3.63) is 0 Å². The summed E-state index contributed by atoms with van der Waals surface area (Å²) in [4.78, 5) is 13.9. The van der Waals surface area contributed by atoms with Crippen LogP contribution in [-0.2, 0) is 4.79 Å². The lowest BCUT2D eigenvalue weighted by atomic mass is 10.1. The van der Waals surface area contributed by atoms with Crippen LogP contribution in [0.3, 0.4) is 0 Å². The average molecular weight is 237 g/mol. The summed E-state index contributed by atoms with van der Waals surface area (Å²) in [5.41, 5.74) is 5.65. The van der Waals surface area contributed by atoms with Crippen LogP contribution in [0.2, 0.25) is 0 Å². The molecule has 0 aromatic carbocycles. The summed E-state index contributed by atoms with van der Waals surface area (Å²) >= 11 is 0. The molecule has 1 unspecified atom stereocenters. The number of rotatable bonds is 6. The van der Waals surface area contributed by atoms with Gasteiger partial charge in [0, 0.05) is 45.1 Å². The van der Waals surface area contributed by atoms with Gasteiger partial charge in [-0.15, -0.1) is 12.3 Å². The van der Waals surface area contributed by atoms with Crippen molar-refractivity contribution in [1.82, 2.24) is 10.2 Å². The highest BCUT2D eigenvalue weighted by Gasteiger charge is 2.19. The fourth-order valence-corrected chi connectivity index (χ4v) is 2.07. The van der Waals surface area contributed by atoms with Gasteiger partial charge in [0.25, 0.3) is 0 Å². The zero-order valence-corrected chi connectivity index (χ0v) is 10.5. The Bertz CT molecular complexity index is 266. The first-order valence-corrected chi connectivity index (χ1v) is 6.42. The van der Waals surface area contributed by atoms with Crippen LogP contribution in [0.1, 0.15) is 32.1 Å². The van der Waals surface area contributed by atoms with E-state index in [4.69, 9.17) is 12.2 Å². The first kappa shape index (κ1) is 14.0. The van der Waals surface area contributed by atoms with Crippen LogP contribution in [0.25, 0.3) is 0 Å². The molecule has 4 nitrogen and oxygen atoms in total. The van der Waals surface area contributed by atoms with Gasteiger partial charge in [0.2, 0.25) is 5.91 Å². The van der Waals surface area contributed by atoms with Gasteiger partial charge in [-0.2, -0.15) is 0 Å². The molecule has 0 radical (unpaired) electrons. The summed E-state index contributed by atoms with van der Waals surface area (Å²) in [5, 5.41) is 3.23. The van der Waals surface area contributed by atoms with E-state index in [1.54, 1.807) is 0 Å². The molecule has 1 fully saturated rings. The molecule has 1 saturated heterocycles. The number of amides is 1. The zero-order valence-electron chi connectivity index (χ0n) is 10.5. The second-order valence-corrected chi connectivity index (χ2v) is 4.49. The number of nitrogens with zero attached hydrogens (tertiary/aromatic N) is 1. The number of carbonyl (C=O) groups is 1. The van der Waals surface area contributed by atoms with E-state index in [2.05, 4.69) is 11.2 Å². The molecule has 1 aliphatic heterocycles. The van der Waals surface area contributed by atoms with Gasteiger partial charge in [0.15, 0.2) is 0 Å². The van der Waals surface area contributed by atoms with Gasteiger partial charge in [0.05, 0.1) is 0 Å². The third-order valence-electron chi connectivity index (χ3n) is 3.12. The molecule has 3 N–H and O–H groups in total. The van der Waals surface area contributed by atoms with Crippen LogP contribution >= 0.6 is 0 Å². The third kappa shape index (κ3) is 5.20. The predicted molar refractivity (Wildman–Crippen MR) is 69.3 cm³/mol. The summed E-state index contributed by atoms with van der Waals surface area (Å²) in [6, 6.07) is 0.0535. The number of nitrogens with one attached hydrogen (secondary N) is 1. The molecule has 1 amide bonds. The maximum absolute atomic E-state index is 12.0. The molecular formula is C13H23N3O. The maximum atomic E-state index is 12.0. The van der Waals surface area contributed by atoms with E-state index >= 15 is 0 Å². The highest BCUT2D eigenvalue weighted by molar-refractivity contribution is 5.76. The molecule has 0 saturated carbocycles. The highest BCUT2D eigenvalue weighted by atomic mass is 16.2. The topological polar surface area (TPSA) is 58.4 Å². The summed E-state index contributed by atoms with van der Waals surface area (Å²) < 4.78 is 0. The number of terminal acetylenes is 1. The van der Waals surface area contributed by atoms with E-state index in [1.807, 2.05) is 4.90 Å². The molecule has 4 heteroatoms. The third-order valence-corrected chi connectivity index (χ3v) is 3.12.